The molecule has 1 atom stereocenters. The molecular weight excluding hydrogens is 254 g/mol. The fourth-order valence-corrected chi connectivity index (χ4v) is 4.63. The Balaban J connectivity index is 1.83. The van der Waals surface area contributed by atoms with E-state index in [4.69, 9.17) is 0 Å². The Kier molecular flexibility index (Phi) is 2.10. The summed E-state index contributed by atoms with van der Waals surface area (Å²) in [5.74, 6) is 0. The van der Waals surface area contributed by atoms with E-state index in [2.05, 4.69) is 55.2 Å². The lowest BCUT2D eigenvalue weighted by molar-refractivity contribution is 0.676. The second kappa shape index (κ2) is 3.79. The Morgan fingerprint density at radius 1 is 1.00 bits per heavy atom. The largest absolute Gasteiger partial charge is 0.356 e. The molecule has 0 aromatic heterocycles. The molecular formula is C20H19N. The zero-order chi connectivity index (χ0) is 14.1. The second-order valence-electron chi connectivity index (χ2n) is 6.69. The first kappa shape index (κ1) is 11.6. The summed E-state index contributed by atoms with van der Waals surface area (Å²) < 4.78 is 0. The van der Waals surface area contributed by atoms with Gasteiger partial charge in [0.25, 0.3) is 0 Å². The van der Waals surface area contributed by atoms with Gasteiger partial charge in [0.15, 0.2) is 0 Å². The molecule has 0 fully saturated rings. The smallest absolute Gasteiger partial charge is 0.0769 e. The van der Waals surface area contributed by atoms with Gasteiger partial charge in [0.2, 0.25) is 0 Å². The van der Waals surface area contributed by atoms with Gasteiger partial charge >= 0.3 is 0 Å². The topological polar surface area (TPSA) is 3.24 Å². The molecule has 0 N–H and O–H groups in total. The van der Waals surface area contributed by atoms with Gasteiger partial charge in [0.05, 0.1) is 6.04 Å². The van der Waals surface area contributed by atoms with E-state index < -0.39 is 0 Å². The SMILES string of the molecule is Cc1cc(C)c2c3c1CCC1=Cc4ccccc4N(C2)C13. The van der Waals surface area contributed by atoms with E-state index in [-0.39, 0.29) is 0 Å². The molecule has 1 heteroatoms. The highest BCUT2D eigenvalue weighted by atomic mass is 15.2. The van der Waals surface area contributed by atoms with Crippen molar-refractivity contribution >= 4 is 11.8 Å². The molecule has 0 bridgehead atoms. The molecule has 0 saturated carbocycles. The minimum Gasteiger partial charge on any atom is -0.356 e. The normalized spacial score (nSPS) is 21.0. The van der Waals surface area contributed by atoms with Crippen molar-refractivity contribution in [3.63, 3.8) is 0 Å². The van der Waals surface area contributed by atoms with Crippen LogP contribution in [-0.4, -0.2) is 0 Å². The van der Waals surface area contributed by atoms with E-state index in [0.717, 1.165) is 6.54 Å². The Bertz CT molecular complexity index is 813. The highest BCUT2D eigenvalue weighted by Gasteiger charge is 2.41. The summed E-state index contributed by atoms with van der Waals surface area (Å²) in [6.45, 7) is 5.65. The molecule has 0 saturated heterocycles. The van der Waals surface area contributed by atoms with Crippen molar-refractivity contribution in [2.75, 3.05) is 4.90 Å². The molecule has 104 valence electrons. The molecule has 0 radical (unpaired) electrons. The minimum absolute atomic E-state index is 0.511. The third kappa shape index (κ3) is 1.37. The lowest BCUT2D eigenvalue weighted by Crippen LogP contribution is -2.29. The van der Waals surface area contributed by atoms with E-state index in [1.807, 2.05) is 0 Å². The van der Waals surface area contributed by atoms with E-state index in [0.29, 0.717) is 6.04 Å². The summed E-state index contributed by atoms with van der Waals surface area (Å²) >= 11 is 0. The Hall–Kier alpha value is -2.02. The summed E-state index contributed by atoms with van der Waals surface area (Å²) in [5.41, 5.74) is 12.2. The third-order valence-corrected chi connectivity index (χ3v) is 5.55. The van der Waals surface area contributed by atoms with Crippen molar-refractivity contribution < 1.29 is 0 Å². The van der Waals surface area contributed by atoms with Gasteiger partial charge in [-0.2, -0.15) is 0 Å². The van der Waals surface area contributed by atoms with Gasteiger partial charge in [-0.3, -0.25) is 0 Å². The van der Waals surface area contributed by atoms with Crippen LogP contribution in [0.2, 0.25) is 0 Å². The monoisotopic (exact) mass is 273 g/mol. The summed E-state index contributed by atoms with van der Waals surface area (Å²) in [5, 5.41) is 0. The molecule has 2 heterocycles. The zero-order valence-electron chi connectivity index (χ0n) is 12.6. The maximum absolute atomic E-state index is 2.63. The third-order valence-electron chi connectivity index (χ3n) is 5.55. The summed E-state index contributed by atoms with van der Waals surface area (Å²) in [6, 6.07) is 11.8. The molecule has 0 spiro atoms. The van der Waals surface area contributed by atoms with Crippen molar-refractivity contribution in [1.29, 1.82) is 0 Å². The number of nitrogens with zero attached hydrogens (tertiary/aromatic N) is 1. The number of fused-ring (bicyclic) bond motifs is 2. The van der Waals surface area contributed by atoms with Crippen LogP contribution in [0.3, 0.4) is 0 Å². The van der Waals surface area contributed by atoms with Crippen LogP contribution in [0.25, 0.3) is 6.08 Å². The number of benzene rings is 2. The molecule has 1 nitrogen and oxygen atoms in total. The molecule has 5 rings (SSSR count). The number of hydrogen-bond donors (Lipinski definition) is 0. The van der Waals surface area contributed by atoms with E-state index in [1.54, 1.807) is 22.3 Å². The maximum Gasteiger partial charge on any atom is 0.0769 e. The van der Waals surface area contributed by atoms with Crippen LogP contribution < -0.4 is 4.90 Å². The highest BCUT2D eigenvalue weighted by molar-refractivity contribution is 5.79. The van der Waals surface area contributed by atoms with Crippen LogP contribution in [-0.2, 0) is 13.0 Å². The molecule has 2 aromatic carbocycles. The van der Waals surface area contributed by atoms with Crippen molar-refractivity contribution in [2.24, 2.45) is 0 Å². The number of aryl methyl sites for hydroxylation is 2. The fourth-order valence-electron chi connectivity index (χ4n) is 4.63. The van der Waals surface area contributed by atoms with Gasteiger partial charge < -0.3 is 4.90 Å². The van der Waals surface area contributed by atoms with Crippen molar-refractivity contribution in [3.05, 3.63) is 69.3 Å². The van der Waals surface area contributed by atoms with E-state index >= 15 is 0 Å². The summed E-state index contributed by atoms with van der Waals surface area (Å²) in [7, 11) is 0. The molecule has 0 amide bonds. The molecule has 3 aliphatic rings. The Morgan fingerprint density at radius 2 is 1.81 bits per heavy atom. The Morgan fingerprint density at radius 3 is 2.71 bits per heavy atom. The zero-order valence-corrected chi connectivity index (χ0v) is 12.6. The van der Waals surface area contributed by atoms with Gasteiger partial charge in [0.1, 0.15) is 0 Å². The van der Waals surface area contributed by atoms with E-state index in [1.165, 1.54) is 35.2 Å². The molecule has 2 aliphatic heterocycles. The fraction of sp³-hybridized carbons (Fsp3) is 0.300. The molecule has 1 unspecified atom stereocenters. The van der Waals surface area contributed by atoms with Crippen LogP contribution >= 0.6 is 0 Å². The average molecular weight is 273 g/mol. The van der Waals surface area contributed by atoms with Crippen LogP contribution in [0.5, 0.6) is 0 Å². The van der Waals surface area contributed by atoms with Gasteiger partial charge in [-0.25, -0.2) is 0 Å². The average Bonchev–Trinajstić information content (AvgIpc) is 2.89. The van der Waals surface area contributed by atoms with Crippen LogP contribution in [0.15, 0.2) is 35.9 Å². The van der Waals surface area contributed by atoms with Gasteiger partial charge in [-0.15, -0.1) is 0 Å². The number of hydrogen-bond acceptors (Lipinski definition) is 1. The first-order valence-corrected chi connectivity index (χ1v) is 7.92. The number of rotatable bonds is 0. The van der Waals surface area contributed by atoms with Gasteiger partial charge in [-0.05, 0) is 71.7 Å². The predicted molar refractivity (Wildman–Crippen MR) is 87.6 cm³/mol. The van der Waals surface area contributed by atoms with Crippen LogP contribution in [0.4, 0.5) is 5.69 Å². The van der Waals surface area contributed by atoms with Crippen molar-refractivity contribution in [3.8, 4) is 0 Å². The quantitative estimate of drug-likeness (QED) is 0.672. The molecule has 21 heavy (non-hydrogen) atoms. The maximum atomic E-state index is 2.63. The van der Waals surface area contributed by atoms with Gasteiger partial charge in [0, 0.05) is 12.2 Å². The first-order valence-electron chi connectivity index (χ1n) is 7.92. The molecule has 1 aliphatic carbocycles. The predicted octanol–water partition coefficient (Wildman–Crippen LogP) is 4.71. The second-order valence-corrected chi connectivity index (χ2v) is 6.69. The Labute approximate surface area is 125 Å². The molecule has 2 aromatic rings. The minimum atomic E-state index is 0.511. The number of anilines is 1. The van der Waals surface area contributed by atoms with Crippen molar-refractivity contribution in [1.82, 2.24) is 0 Å². The van der Waals surface area contributed by atoms with Gasteiger partial charge in [-0.1, -0.05) is 30.3 Å². The van der Waals surface area contributed by atoms with Crippen molar-refractivity contribution in [2.45, 2.75) is 39.3 Å². The lowest BCUT2D eigenvalue weighted by atomic mass is 9.78. The van der Waals surface area contributed by atoms with E-state index in [9.17, 15) is 0 Å². The first-order chi connectivity index (χ1) is 10.2. The van der Waals surface area contributed by atoms with Crippen LogP contribution in [0, 0.1) is 13.8 Å². The lowest BCUT2D eigenvalue weighted by Gasteiger charge is -2.37. The van der Waals surface area contributed by atoms with Crippen LogP contribution in [0.1, 0.15) is 45.8 Å². The highest BCUT2D eigenvalue weighted by Crippen LogP contribution is 2.52. The summed E-state index contributed by atoms with van der Waals surface area (Å²) in [4.78, 5) is 2.63. The standard InChI is InChI=1S/C20H19N/c1-12-9-13(2)17-11-21-18-6-4-3-5-14(18)10-15-7-8-16(12)19(17)20(15)21/h3-6,9-10,20H,7-8,11H2,1-2H3. The number of para-hydroxylation sites is 1. The summed E-state index contributed by atoms with van der Waals surface area (Å²) in [6.07, 6.45) is 4.88.